The Kier molecular flexibility index (Phi) is 5.85. The summed E-state index contributed by atoms with van der Waals surface area (Å²) in [7, 11) is 0. The van der Waals surface area contributed by atoms with E-state index in [0.717, 1.165) is 24.6 Å². The highest BCUT2D eigenvalue weighted by molar-refractivity contribution is 6.66. The Morgan fingerprint density at radius 3 is 2.32 bits per heavy atom. The van der Waals surface area contributed by atoms with E-state index < -0.39 is 35.4 Å². The summed E-state index contributed by atoms with van der Waals surface area (Å²) in [4.78, 5) is 26.3. The molecular weight excluding hydrogens is 299 g/mol. The Labute approximate surface area is 123 Å². The van der Waals surface area contributed by atoms with Crippen LogP contribution in [0.25, 0.3) is 0 Å². The van der Waals surface area contributed by atoms with Crippen LogP contribution in [0.3, 0.4) is 0 Å². The molecule has 0 heterocycles. The van der Waals surface area contributed by atoms with Crippen molar-refractivity contribution in [1.82, 2.24) is 0 Å². The van der Waals surface area contributed by atoms with Gasteiger partial charge in [0, 0.05) is 25.3 Å². The summed E-state index contributed by atoms with van der Waals surface area (Å²) in [5.41, 5.74) is -2.08. The summed E-state index contributed by atoms with van der Waals surface area (Å²) < 4.78 is 38.1. The Morgan fingerprint density at radius 1 is 1.14 bits per heavy atom. The van der Waals surface area contributed by atoms with Gasteiger partial charge in [-0.25, -0.2) is 0 Å². The van der Waals surface area contributed by atoms with E-state index in [4.69, 9.17) is 10.8 Å². The zero-order valence-electron chi connectivity index (χ0n) is 11.3. The molecule has 5 nitrogen and oxygen atoms in total. The van der Waals surface area contributed by atoms with Gasteiger partial charge in [0.25, 0.3) is 0 Å². The van der Waals surface area contributed by atoms with Gasteiger partial charge in [-0.05, 0) is 12.1 Å². The number of carbonyl (C=O) groups excluding carboxylic acids is 2. The summed E-state index contributed by atoms with van der Waals surface area (Å²) in [6, 6.07) is 4.61. The van der Waals surface area contributed by atoms with Crippen molar-refractivity contribution in [3.63, 3.8) is 0 Å². The van der Waals surface area contributed by atoms with E-state index in [1.54, 1.807) is 0 Å². The van der Waals surface area contributed by atoms with E-state index in [2.05, 4.69) is 4.99 Å². The molecule has 0 bridgehead atoms. The van der Waals surface area contributed by atoms with Crippen molar-refractivity contribution >= 4 is 35.4 Å². The quantitative estimate of drug-likeness (QED) is 0.598. The van der Waals surface area contributed by atoms with Crippen LogP contribution in [-0.4, -0.2) is 29.7 Å². The molecule has 0 radical (unpaired) electrons. The first kappa shape index (κ1) is 17.4. The van der Waals surface area contributed by atoms with Crippen molar-refractivity contribution in [2.75, 3.05) is 0 Å². The van der Waals surface area contributed by atoms with Crippen molar-refractivity contribution in [3.05, 3.63) is 29.8 Å². The van der Waals surface area contributed by atoms with Crippen LogP contribution < -0.4 is 0 Å². The van der Waals surface area contributed by atoms with Gasteiger partial charge in [-0.2, -0.15) is 13.2 Å². The van der Waals surface area contributed by atoms with Crippen molar-refractivity contribution in [1.29, 1.82) is 10.8 Å². The summed E-state index contributed by atoms with van der Waals surface area (Å²) in [5, 5.41) is 14.0. The maximum Gasteiger partial charge on any atom is 0.418 e. The van der Waals surface area contributed by atoms with Crippen LogP contribution in [0.15, 0.2) is 29.3 Å². The lowest BCUT2D eigenvalue weighted by molar-refractivity contribution is -0.137. The second-order valence-electron chi connectivity index (χ2n) is 4.16. The van der Waals surface area contributed by atoms with E-state index >= 15 is 0 Å². The molecule has 116 valence electrons. The topological polar surface area (TPSA) is 94.2 Å². The molecule has 0 unspecified atom stereocenters. The number of hydrogen-bond acceptors (Lipinski definition) is 5. The summed E-state index contributed by atoms with van der Waals surface area (Å²) in [5.74, 6) is -1.68. The Bertz CT molecular complexity index is 636. The molecule has 1 aromatic rings. The largest absolute Gasteiger partial charge is 0.418 e. The number of hydrogen-bond donors (Lipinski definition) is 2. The number of halogens is 3. The van der Waals surface area contributed by atoms with Crippen molar-refractivity contribution in [2.45, 2.75) is 19.0 Å². The minimum absolute atomic E-state index is 0.347. The molecule has 0 spiro atoms. The Morgan fingerprint density at radius 2 is 1.73 bits per heavy atom. The monoisotopic (exact) mass is 311 g/mol. The van der Waals surface area contributed by atoms with E-state index in [9.17, 15) is 22.8 Å². The summed E-state index contributed by atoms with van der Waals surface area (Å²) in [6.45, 7) is 0. The van der Waals surface area contributed by atoms with Crippen molar-refractivity contribution < 1.29 is 22.8 Å². The van der Waals surface area contributed by atoms with Gasteiger partial charge in [-0.3, -0.25) is 20.0 Å². The van der Waals surface area contributed by atoms with Crippen LogP contribution >= 0.6 is 0 Å². The molecule has 2 N–H and O–H groups in total. The minimum atomic E-state index is -4.56. The fraction of sp³-hybridized carbons (Fsp3) is 0.214. The van der Waals surface area contributed by atoms with Gasteiger partial charge in [0.2, 0.25) is 0 Å². The molecule has 0 aliphatic heterocycles. The van der Waals surface area contributed by atoms with Gasteiger partial charge in [-0.15, -0.1) is 0 Å². The Hall–Kier alpha value is -2.64. The maximum atomic E-state index is 12.7. The highest BCUT2D eigenvalue weighted by Gasteiger charge is 2.33. The van der Waals surface area contributed by atoms with Gasteiger partial charge in [0.1, 0.15) is 5.71 Å². The van der Waals surface area contributed by atoms with Gasteiger partial charge in [0.15, 0.2) is 11.6 Å². The normalized spacial score (nSPS) is 11.4. The molecule has 1 aromatic carbocycles. The standard InChI is InChI=1S/C14H12F3N3O2/c15-14(16,17)9-3-1-2-4-10(9)20-8-6-12(22)13(19)11(21)5-7-18/h1-4,7-8,18-19H,5-6H2. The van der Waals surface area contributed by atoms with E-state index in [1.165, 1.54) is 12.1 Å². The number of benzene rings is 1. The van der Waals surface area contributed by atoms with Crippen LogP contribution in [0.4, 0.5) is 18.9 Å². The lowest BCUT2D eigenvalue weighted by Gasteiger charge is -2.08. The molecule has 0 aliphatic rings. The smallest absolute Gasteiger partial charge is 0.313 e. The van der Waals surface area contributed by atoms with E-state index in [0.29, 0.717) is 0 Å². The zero-order chi connectivity index (χ0) is 16.8. The average Bonchev–Trinajstić information content (AvgIpc) is 2.46. The predicted molar refractivity (Wildman–Crippen MR) is 75.4 cm³/mol. The first-order valence-electron chi connectivity index (χ1n) is 6.10. The number of carbonyl (C=O) groups is 2. The molecular formula is C14H12F3N3O2. The third-order valence-corrected chi connectivity index (χ3v) is 2.56. The molecule has 22 heavy (non-hydrogen) atoms. The van der Waals surface area contributed by atoms with Crippen LogP contribution in [0.1, 0.15) is 18.4 Å². The number of aliphatic imine (C=N–C) groups is 1. The van der Waals surface area contributed by atoms with Gasteiger partial charge in [-0.1, -0.05) is 12.1 Å². The lowest BCUT2D eigenvalue weighted by atomic mass is 10.1. The number of ketones is 2. The molecule has 1 rings (SSSR count). The van der Waals surface area contributed by atoms with Crippen LogP contribution in [0, 0.1) is 10.8 Å². The van der Waals surface area contributed by atoms with E-state index in [1.807, 2.05) is 0 Å². The first-order valence-corrected chi connectivity index (χ1v) is 6.10. The summed E-state index contributed by atoms with van der Waals surface area (Å²) >= 11 is 0. The van der Waals surface area contributed by atoms with Crippen molar-refractivity contribution in [2.24, 2.45) is 4.99 Å². The summed E-state index contributed by atoms with van der Waals surface area (Å²) in [6.07, 6.45) is -3.70. The van der Waals surface area contributed by atoms with E-state index in [-0.39, 0.29) is 12.1 Å². The third kappa shape index (κ3) is 4.72. The molecule has 0 saturated carbocycles. The fourth-order valence-electron chi connectivity index (χ4n) is 1.51. The van der Waals surface area contributed by atoms with Gasteiger partial charge in [0.05, 0.1) is 11.3 Å². The molecule has 0 aromatic heterocycles. The number of nitrogens with one attached hydrogen (secondary N) is 2. The number of rotatable bonds is 7. The number of alkyl halides is 3. The van der Waals surface area contributed by atoms with Crippen LogP contribution in [-0.2, 0) is 15.8 Å². The Balaban J connectivity index is 2.79. The molecule has 8 heteroatoms. The molecule has 0 amide bonds. The molecule has 0 aliphatic carbocycles. The van der Waals surface area contributed by atoms with Gasteiger partial charge < -0.3 is 5.41 Å². The van der Waals surface area contributed by atoms with Crippen LogP contribution in [0.2, 0.25) is 0 Å². The number of nitrogens with zero attached hydrogens (tertiary/aromatic N) is 1. The lowest BCUT2D eigenvalue weighted by Crippen LogP contribution is -2.23. The second-order valence-corrected chi connectivity index (χ2v) is 4.16. The predicted octanol–water partition coefficient (Wildman–Crippen LogP) is 3.00. The fourth-order valence-corrected chi connectivity index (χ4v) is 1.51. The van der Waals surface area contributed by atoms with Crippen LogP contribution in [0.5, 0.6) is 0 Å². The van der Waals surface area contributed by atoms with Crippen molar-refractivity contribution in [3.8, 4) is 0 Å². The number of para-hydroxylation sites is 1. The average molecular weight is 311 g/mol. The SMILES string of the molecule is N=CCC(=O)C(=N)C(=O)CC=Nc1ccccc1C(F)(F)F. The molecule has 0 atom stereocenters. The maximum absolute atomic E-state index is 12.7. The number of Topliss-reactive ketones (excluding diaryl/α,β-unsaturated/α-hetero) is 2. The molecule has 0 saturated heterocycles. The third-order valence-electron chi connectivity index (χ3n) is 2.56. The zero-order valence-corrected chi connectivity index (χ0v) is 11.3. The first-order chi connectivity index (χ1) is 10.3. The highest BCUT2D eigenvalue weighted by atomic mass is 19.4. The second kappa shape index (κ2) is 7.39. The van der Waals surface area contributed by atoms with Gasteiger partial charge >= 0.3 is 6.18 Å². The highest BCUT2D eigenvalue weighted by Crippen LogP contribution is 2.35. The minimum Gasteiger partial charge on any atom is -0.313 e. The molecule has 0 fully saturated rings.